The van der Waals surface area contributed by atoms with Crippen molar-refractivity contribution >= 4 is 16.9 Å². The zero-order valence-electron chi connectivity index (χ0n) is 17.7. The summed E-state index contributed by atoms with van der Waals surface area (Å²) in [6.45, 7) is 0.917. The highest BCUT2D eigenvalue weighted by molar-refractivity contribution is 5.94. The van der Waals surface area contributed by atoms with Crippen molar-refractivity contribution in [2.75, 3.05) is 6.54 Å². The monoisotopic (exact) mass is 433 g/mol. The van der Waals surface area contributed by atoms with Crippen molar-refractivity contribution < 1.29 is 13.6 Å². The summed E-state index contributed by atoms with van der Waals surface area (Å²) in [6.07, 6.45) is 3.31. The zero-order chi connectivity index (χ0) is 22.3. The minimum absolute atomic E-state index is 0.0642. The average molecular weight is 434 g/mol. The molecule has 0 aliphatic carbocycles. The van der Waals surface area contributed by atoms with Crippen LogP contribution in [0.4, 0.5) is 8.78 Å². The molecule has 0 bridgehead atoms. The fourth-order valence-corrected chi connectivity index (χ4v) is 3.82. The molecular formula is C26H25F2N3O. The first-order valence-electron chi connectivity index (χ1n) is 10.8. The predicted octanol–water partition coefficient (Wildman–Crippen LogP) is 5.51. The number of carbonyl (C=O) groups is 1. The van der Waals surface area contributed by atoms with E-state index in [4.69, 9.17) is 4.98 Å². The normalized spacial score (nSPS) is 11.1. The molecule has 0 saturated carbocycles. The van der Waals surface area contributed by atoms with Crippen LogP contribution >= 0.6 is 0 Å². The van der Waals surface area contributed by atoms with E-state index in [1.807, 2.05) is 30.3 Å². The summed E-state index contributed by atoms with van der Waals surface area (Å²) in [5.41, 5.74) is 2.58. The number of unbranched alkanes of at least 4 members (excludes halogenated alkanes) is 2. The smallest absolute Gasteiger partial charge is 0.254 e. The minimum atomic E-state index is -0.515. The maximum atomic E-state index is 14.2. The number of carbonyl (C=O) groups excluding carboxylic acids is 1. The molecule has 164 valence electrons. The lowest BCUT2D eigenvalue weighted by Crippen LogP contribution is -2.25. The molecular weight excluding hydrogens is 408 g/mol. The van der Waals surface area contributed by atoms with Crippen LogP contribution in [-0.2, 0) is 13.0 Å². The maximum absolute atomic E-state index is 14.2. The van der Waals surface area contributed by atoms with Crippen molar-refractivity contribution in [2.45, 2.75) is 32.2 Å². The summed E-state index contributed by atoms with van der Waals surface area (Å²) in [6, 6.07) is 20.7. The molecule has 1 N–H and O–H groups in total. The van der Waals surface area contributed by atoms with Crippen molar-refractivity contribution in [3.63, 3.8) is 0 Å². The summed E-state index contributed by atoms with van der Waals surface area (Å²) in [5, 5.41) is 2.77. The van der Waals surface area contributed by atoms with Gasteiger partial charge in [0.2, 0.25) is 0 Å². The third-order valence-electron chi connectivity index (χ3n) is 5.50. The molecule has 4 aromatic rings. The molecule has 0 spiro atoms. The van der Waals surface area contributed by atoms with E-state index >= 15 is 0 Å². The van der Waals surface area contributed by atoms with Crippen LogP contribution in [0.15, 0.2) is 72.8 Å². The van der Waals surface area contributed by atoms with Crippen LogP contribution in [0, 0.1) is 11.6 Å². The number of aromatic nitrogens is 2. The second-order valence-electron chi connectivity index (χ2n) is 7.74. The molecule has 32 heavy (non-hydrogen) atoms. The molecule has 0 aliphatic heterocycles. The van der Waals surface area contributed by atoms with Gasteiger partial charge in [0, 0.05) is 18.5 Å². The first kappa shape index (κ1) is 21.7. The Hall–Kier alpha value is -3.54. The van der Waals surface area contributed by atoms with Gasteiger partial charge in [0.25, 0.3) is 5.91 Å². The highest BCUT2D eigenvalue weighted by atomic mass is 19.1. The molecule has 4 nitrogen and oxygen atoms in total. The summed E-state index contributed by atoms with van der Waals surface area (Å²) in [5.74, 6) is -0.208. The van der Waals surface area contributed by atoms with Crippen molar-refractivity contribution in [1.82, 2.24) is 14.9 Å². The number of nitrogens with one attached hydrogen (secondary N) is 1. The number of imidazole rings is 1. The van der Waals surface area contributed by atoms with Crippen LogP contribution in [0.5, 0.6) is 0 Å². The molecule has 0 fully saturated rings. The van der Waals surface area contributed by atoms with Gasteiger partial charge < -0.3 is 9.88 Å². The van der Waals surface area contributed by atoms with Gasteiger partial charge >= 0.3 is 0 Å². The summed E-state index contributed by atoms with van der Waals surface area (Å²) in [7, 11) is 0. The van der Waals surface area contributed by atoms with Crippen LogP contribution in [-0.4, -0.2) is 22.0 Å². The second-order valence-corrected chi connectivity index (χ2v) is 7.74. The average Bonchev–Trinajstić information content (AvgIpc) is 3.15. The zero-order valence-corrected chi connectivity index (χ0v) is 17.7. The molecule has 1 heterocycles. The van der Waals surface area contributed by atoms with Crippen molar-refractivity contribution in [2.24, 2.45) is 0 Å². The Morgan fingerprint density at radius 1 is 0.844 bits per heavy atom. The third kappa shape index (κ3) is 5.02. The van der Waals surface area contributed by atoms with Gasteiger partial charge in [-0.3, -0.25) is 4.79 Å². The minimum Gasteiger partial charge on any atom is -0.352 e. The van der Waals surface area contributed by atoms with Gasteiger partial charge in [-0.2, -0.15) is 0 Å². The molecule has 1 aromatic heterocycles. The molecule has 6 heteroatoms. The van der Waals surface area contributed by atoms with Crippen LogP contribution in [0.1, 0.15) is 41.0 Å². The summed E-state index contributed by atoms with van der Waals surface area (Å²) in [4.78, 5) is 16.8. The summed E-state index contributed by atoms with van der Waals surface area (Å²) >= 11 is 0. The topological polar surface area (TPSA) is 46.9 Å². The van der Waals surface area contributed by atoms with Gasteiger partial charge in [-0.15, -0.1) is 0 Å². The van der Waals surface area contributed by atoms with E-state index in [2.05, 4.69) is 9.88 Å². The van der Waals surface area contributed by atoms with E-state index in [0.29, 0.717) is 18.7 Å². The Balaban J connectivity index is 1.34. The second kappa shape index (κ2) is 10.2. The largest absolute Gasteiger partial charge is 0.352 e. The number of hydrogen-bond donors (Lipinski definition) is 1. The van der Waals surface area contributed by atoms with E-state index in [1.165, 1.54) is 18.2 Å². The number of halogens is 2. The van der Waals surface area contributed by atoms with Crippen molar-refractivity contribution in [3.8, 4) is 0 Å². The maximum Gasteiger partial charge on any atom is 0.254 e. The Morgan fingerprint density at radius 3 is 2.38 bits per heavy atom. The molecule has 4 rings (SSSR count). The van der Waals surface area contributed by atoms with Crippen molar-refractivity contribution in [1.29, 1.82) is 0 Å². The SMILES string of the molecule is O=C(NCCCCCc1nc2ccccc2n1Cc1ccccc1F)c1ccccc1F. The Labute approximate surface area is 185 Å². The number of nitrogens with zero attached hydrogens (tertiary/aromatic N) is 2. The van der Waals surface area contributed by atoms with E-state index in [0.717, 1.165) is 42.5 Å². The Kier molecular flexibility index (Phi) is 6.90. The van der Waals surface area contributed by atoms with Gasteiger partial charge in [0.05, 0.1) is 23.1 Å². The quantitative estimate of drug-likeness (QED) is 0.354. The Bertz CT molecular complexity index is 1220. The predicted molar refractivity (Wildman–Crippen MR) is 122 cm³/mol. The highest BCUT2D eigenvalue weighted by Crippen LogP contribution is 2.20. The molecule has 0 atom stereocenters. The standard InChI is InChI=1S/C26H25F2N3O/c27-21-12-5-3-10-19(21)18-31-24-15-8-7-14-23(24)30-25(31)16-2-1-9-17-29-26(32)20-11-4-6-13-22(20)28/h3-8,10-15H,1-2,9,16-18H2,(H,29,32). The van der Waals surface area contributed by atoms with Crippen LogP contribution < -0.4 is 5.32 Å². The Morgan fingerprint density at radius 2 is 1.56 bits per heavy atom. The van der Waals surface area contributed by atoms with Crippen LogP contribution in [0.2, 0.25) is 0 Å². The number of hydrogen-bond acceptors (Lipinski definition) is 2. The number of rotatable bonds is 9. The van der Waals surface area contributed by atoms with E-state index < -0.39 is 11.7 Å². The molecule has 0 saturated heterocycles. The van der Waals surface area contributed by atoms with E-state index in [1.54, 1.807) is 24.3 Å². The lowest BCUT2D eigenvalue weighted by molar-refractivity contribution is 0.0949. The van der Waals surface area contributed by atoms with E-state index in [9.17, 15) is 13.6 Å². The van der Waals surface area contributed by atoms with Gasteiger partial charge in [0.15, 0.2) is 0 Å². The highest BCUT2D eigenvalue weighted by Gasteiger charge is 2.13. The molecule has 0 unspecified atom stereocenters. The number of amides is 1. The number of aryl methyl sites for hydroxylation is 1. The van der Waals surface area contributed by atoms with Crippen molar-refractivity contribution in [3.05, 3.63) is 101 Å². The number of fused-ring (bicyclic) bond motifs is 1. The van der Waals surface area contributed by atoms with Gasteiger partial charge in [0.1, 0.15) is 17.5 Å². The summed E-state index contributed by atoms with van der Waals surface area (Å²) < 4.78 is 30.0. The van der Waals surface area contributed by atoms with Crippen LogP contribution in [0.3, 0.4) is 0 Å². The first-order chi connectivity index (χ1) is 15.6. The fraction of sp³-hybridized carbons (Fsp3) is 0.231. The molecule has 0 aliphatic rings. The number of para-hydroxylation sites is 2. The number of benzene rings is 3. The third-order valence-corrected chi connectivity index (χ3v) is 5.50. The fourth-order valence-electron chi connectivity index (χ4n) is 3.82. The lowest BCUT2D eigenvalue weighted by Gasteiger charge is -2.10. The molecule has 0 radical (unpaired) electrons. The lowest BCUT2D eigenvalue weighted by atomic mass is 10.1. The van der Waals surface area contributed by atoms with Gasteiger partial charge in [-0.05, 0) is 43.2 Å². The van der Waals surface area contributed by atoms with Crippen LogP contribution in [0.25, 0.3) is 11.0 Å². The molecule has 3 aromatic carbocycles. The molecule has 1 amide bonds. The van der Waals surface area contributed by atoms with E-state index in [-0.39, 0.29) is 11.4 Å². The van der Waals surface area contributed by atoms with Gasteiger partial charge in [-0.1, -0.05) is 48.9 Å². The first-order valence-corrected chi connectivity index (χ1v) is 10.8. The van der Waals surface area contributed by atoms with Gasteiger partial charge in [-0.25, -0.2) is 13.8 Å².